The van der Waals surface area contributed by atoms with E-state index in [9.17, 15) is 14.7 Å². The van der Waals surface area contributed by atoms with Gasteiger partial charge in [-0.2, -0.15) is 0 Å². The van der Waals surface area contributed by atoms with Crippen LogP contribution in [0.5, 0.6) is 0 Å². The fourth-order valence-corrected chi connectivity index (χ4v) is 5.53. The van der Waals surface area contributed by atoms with Gasteiger partial charge in [0.15, 0.2) is 0 Å². The smallest absolute Gasteiger partial charge is 0.274 e. The van der Waals surface area contributed by atoms with Crippen LogP contribution in [-0.2, 0) is 13.1 Å². The maximum Gasteiger partial charge on any atom is 0.274 e. The van der Waals surface area contributed by atoms with Gasteiger partial charge in [-0.05, 0) is 44.7 Å². The summed E-state index contributed by atoms with van der Waals surface area (Å²) in [5.74, 6) is 0.341. The first-order chi connectivity index (χ1) is 15.0. The number of amides is 1. The number of aliphatic hydroxyl groups is 1. The number of nitrogens with zero attached hydrogens (tertiary/aromatic N) is 5. The molecule has 3 atom stereocenters. The van der Waals surface area contributed by atoms with Gasteiger partial charge in [0.05, 0.1) is 18.5 Å². The highest BCUT2D eigenvalue weighted by atomic mass is 16.3. The number of fused-ring (bicyclic) bond motifs is 4. The summed E-state index contributed by atoms with van der Waals surface area (Å²) in [6, 6.07) is 4.18. The molecule has 3 aliphatic rings. The SMILES string of the molecule is Cc1cncc(C(=O)N2C[C@@H]3C[C@H](C2)c2ccc(CN4CCC[C@@H]4CO)c(=O)n2C3)n1. The van der Waals surface area contributed by atoms with Gasteiger partial charge in [-0.1, -0.05) is 6.07 Å². The lowest BCUT2D eigenvalue weighted by molar-refractivity contribution is 0.0587. The number of aromatic nitrogens is 3. The van der Waals surface area contributed by atoms with E-state index in [0.29, 0.717) is 31.9 Å². The van der Waals surface area contributed by atoms with Gasteiger partial charge in [0.2, 0.25) is 0 Å². The number of hydrogen-bond acceptors (Lipinski definition) is 6. The number of carbonyl (C=O) groups excluding carboxylic acids is 1. The normalized spacial score (nSPS) is 25.5. The number of aliphatic hydroxyl groups excluding tert-OH is 1. The van der Waals surface area contributed by atoms with E-state index in [-0.39, 0.29) is 36.0 Å². The van der Waals surface area contributed by atoms with Crippen molar-refractivity contribution >= 4 is 5.91 Å². The van der Waals surface area contributed by atoms with E-state index < -0.39 is 0 Å². The summed E-state index contributed by atoms with van der Waals surface area (Å²) in [7, 11) is 0. The van der Waals surface area contributed by atoms with Crippen LogP contribution in [0.2, 0.25) is 0 Å². The van der Waals surface area contributed by atoms with Gasteiger partial charge >= 0.3 is 0 Å². The first-order valence-corrected chi connectivity index (χ1v) is 11.2. The van der Waals surface area contributed by atoms with Gasteiger partial charge < -0.3 is 14.6 Å². The maximum atomic E-state index is 13.3. The molecule has 0 spiro atoms. The zero-order chi connectivity index (χ0) is 21.5. The standard InChI is InChI=1S/C23H29N5O3/c1-15-8-24-9-20(25-15)23(31)27-10-16-7-18(13-27)21-5-4-17(22(30)28(21)11-16)12-26-6-2-3-19(26)14-29/h4-5,8-9,16,18-19,29H,2-3,6-7,10-14H2,1H3/t16-,18+,19+/m0/s1. The number of carbonyl (C=O) groups is 1. The summed E-state index contributed by atoms with van der Waals surface area (Å²) in [5.41, 5.74) is 3.02. The van der Waals surface area contributed by atoms with Crippen molar-refractivity contribution in [3.05, 3.63) is 57.5 Å². The lowest BCUT2D eigenvalue weighted by Gasteiger charge is -2.42. The predicted octanol–water partition coefficient (Wildman–Crippen LogP) is 1.16. The van der Waals surface area contributed by atoms with Crippen molar-refractivity contribution in [2.45, 2.75) is 51.2 Å². The van der Waals surface area contributed by atoms with E-state index in [1.165, 1.54) is 6.20 Å². The molecule has 0 unspecified atom stereocenters. The summed E-state index contributed by atoms with van der Waals surface area (Å²) in [6.45, 7) is 5.38. The summed E-state index contributed by atoms with van der Waals surface area (Å²) in [6.07, 6.45) is 6.23. The largest absolute Gasteiger partial charge is 0.395 e. The van der Waals surface area contributed by atoms with Crippen LogP contribution in [0, 0.1) is 12.8 Å². The number of hydrogen-bond donors (Lipinski definition) is 1. The summed E-state index contributed by atoms with van der Waals surface area (Å²) in [5, 5.41) is 9.59. The molecular weight excluding hydrogens is 394 g/mol. The van der Waals surface area contributed by atoms with Crippen molar-refractivity contribution in [1.29, 1.82) is 0 Å². The number of aryl methyl sites for hydroxylation is 1. The number of piperidine rings is 1. The molecular formula is C23H29N5O3. The Kier molecular flexibility index (Phi) is 5.35. The van der Waals surface area contributed by atoms with Gasteiger partial charge in [0.25, 0.3) is 11.5 Å². The van der Waals surface area contributed by atoms with Crippen LogP contribution in [0.15, 0.2) is 29.3 Å². The van der Waals surface area contributed by atoms with Crippen LogP contribution in [0.1, 0.15) is 52.6 Å². The van der Waals surface area contributed by atoms with E-state index in [1.807, 2.05) is 22.5 Å². The van der Waals surface area contributed by atoms with E-state index >= 15 is 0 Å². The van der Waals surface area contributed by atoms with Crippen LogP contribution >= 0.6 is 0 Å². The first-order valence-electron chi connectivity index (χ1n) is 11.2. The Morgan fingerprint density at radius 1 is 1.23 bits per heavy atom. The minimum absolute atomic E-state index is 0.0811. The van der Waals surface area contributed by atoms with Crippen LogP contribution in [0.4, 0.5) is 0 Å². The quantitative estimate of drug-likeness (QED) is 0.794. The molecule has 0 radical (unpaired) electrons. The summed E-state index contributed by atoms with van der Waals surface area (Å²) in [4.78, 5) is 38.8. The highest BCUT2D eigenvalue weighted by Crippen LogP contribution is 2.35. The Morgan fingerprint density at radius 2 is 2.10 bits per heavy atom. The second-order valence-electron chi connectivity index (χ2n) is 9.20. The predicted molar refractivity (Wildman–Crippen MR) is 115 cm³/mol. The van der Waals surface area contributed by atoms with E-state index in [1.54, 1.807) is 6.20 Å². The molecule has 0 saturated carbocycles. The number of pyridine rings is 1. The van der Waals surface area contributed by atoms with Crippen LogP contribution in [0.25, 0.3) is 0 Å². The van der Waals surface area contributed by atoms with Gasteiger partial charge in [-0.25, -0.2) is 4.98 Å². The lowest BCUT2D eigenvalue weighted by atomic mass is 9.83. The Morgan fingerprint density at radius 3 is 2.90 bits per heavy atom. The van der Waals surface area contributed by atoms with Gasteiger partial charge in [0, 0.05) is 55.6 Å². The van der Waals surface area contributed by atoms with Gasteiger partial charge in [-0.3, -0.25) is 19.5 Å². The molecule has 2 fully saturated rings. The molecule has 2 aromatic heterocycles. The number of likely N-dealkylation sites (tertiary alicyclic amines) is 2. The highest BCUT2D eigenvalue weighted by molar-refractivity contribution is 5.92. The van der Waals surface area contributed by atoms with Crippen molar-refractivity contribution in [3.63, 3.8) is 0 Å². The fraction of sp³-hybridized carbons (Fsp3) is 0.565. The zero-order valence-corrected chi connectivity index (χ0v) is 17.9. The molecule has 0 aliphatic carbocycles. The molecule has 0 aromatic carbocycles. The third kappa shape index (κ3) is 3.78. The van der Waals surface area contributed by atoms with Crippen LogP contribution in [-0.4, -0.2) is 67.6 Å². The average molecular weight is 424 g/mol. The van der Waals surface area contributed by atoms with E-state index in [4.69, 9.17) is 0 Å². The molecule has 3 aliphatic heterocycles. The maximum absolute atomic E-state index is 13.3. The van der Waals surface area contributed by atoms with E-state index in [2.05, 4.69) is 20.9 Å². The average Bonchev–Trinajstić information content (AvgIpc) is 3.22. The number of rotatable bonds is 4. The molecule has 8 heteroatoms. The Labute approximate surface area is 181 Å². The van der Waals surface area contributed by atoms with Crippen LogP contribution in [0.3, 0.4) is 0 Å². The molecule has 8 nitrogen and oxygen atoms in total. The molecule has 31 heavy (non-hydrogen) atoms. The van der Waals surface area contributed by atoms with Crippen molar-refractivity contribution in [1.82, 2.24) is 24.3 Å². The van der Waals surface area contributed by atoms with Crippen molar-refractivity contribution < 1.29 is 9.90 Å². The second kappa shape index (κ2) is 8.16. The Balaban J connectivity index is 1.37. The minimum Gasteiger partial charge on any atom is -0.395 e. The molecule has 2 bridgehead atoms. The molecule has 1 N–H and O–H groups in total. The van der Waals surface area contributed by atoms with Crippen molar-refractivity contribution in [2.24, 2.45) is 5.92 Å². The van der Waals surface area contributed by atoms with Gasteiger partial charge in [-0.15, -0.1) is 0 Å². The van der Waals surface area contributed by atoms with Crippen molar-refractivity contribution in [3.8, 4) is 0 Å². The van der Waals surface area contributed by atoms with E-state index in [0.717, 1.165) is 42.8 Å². The summed E-state index contributed by atoms with van der Waals surface area (Å²) < 4.78 is 1.94. The second-order valence-corrected chi connectivity index (χ2v) is 9.20. The fourth-order valence-electron chi connectivity index (χ4n) is 5.53. The van der Waals surface area contributed by atoms with Crippen LogP contribution < -0.4 is 5.56 Å². The molecule has 1 amide bonds. The molecule has 5 heterocycles. The Hall–Kier alpha value is -2.58. The molecule has 164 valence electrons. The first kappa shape index (κ1) is 20.3. The molecule has 5 rings (SSSR count). The van der Waals surface area contributed by atoms with Gasteiger partial charge in [0.1, 0.15) is 5.69 Å². The highest BCUT2D eigenvalue weighted by Gasteiger charge is 2.37. The third-order valence-electron chi connectivity index (χ3n) is 7.03. The molecule has 2 saturated heterocycles. The minimum atomic E-state index is -0.0811. The monoisotopic (exact) mass is 423 g/mol. The Bertz CT molecular complexity index is 1050. The van der Waals surface area contributed by atoms with Crippen molar-refractivity contribution in [2.75, 3.05) is 26.2 Å². The molecule has 2 aromatic rings. The lowest BCUT2D eigenvalue weighted by Crippen LogP contribution is -2.49. The summed E-state index contributed by atoms with van der Waals surface area (Å²) >= 11 is 0. The third-order valence-corrected chi connectivity index (χ3v) is 7.03. The topological polar surface area (TPSA) is 91.6 Å². The zero-order valence-electron chi connectivity index (χ0n) is 17.9.